The van der Waals surface area contributed by atoms with Crippen molar-refractivity contribution in [3.63, 3.8) is 0 Å². The Morgan fingerprint density at radius 3 is 2.70 bits per heavy atom. The third-order valence-electron chi connectivity index (χ3n) is 6.76. The van der Waals surface area contributed by atoms with Crippen LogP contribution in [0.1, 0.15) is 57.9 Å². The van der Waals surface area contributed by atoms with Gasteiger partial charge >= 0.3 is 0 Å². The number of guanidine groups is 1. The topological polar surface area (TPSA) is 60.0 Å². The number of amides is 1. The minimum atomic E-state index is 0. The first-order valence-corrected chi connectivity index (χ1v) is 12.7. The molecule has 0 aromatic heterocycles. The molecule has 1 aromatic rings. The van der Waals surface area contributed by atoms with Gasteiger partial charge < -0.3 is 20.4 Å². The van der Waals surface area contributed by atoms with Crippen LogP contribution in [0.3, 0.4) is 0 Å². The van der Waals surface area contributed by atoms with Crippen molar-refractivity contribution in [1.29, 1.82) is 0 Å². The van der Waals surface area contributed by atoms with Crippen molar-refractivity contribution >= 4 is 35.8 Å². The number of aliphatic imine (C=N–C) groups is 1. The van der Waals surface area contributed by atoms with Gasteiger partial charge in [0.05, 0.1) is 0 Å². The van der Waals surface area contributed by atoms with Gasteiger partial charge in [0.25, 0.3) is 0 Å². The van der Waals surface area contributed by atoms with Crippen LogP contribution in [0.25, 0.3) is 0 Å². The molecule has 2 atom stereocenters. The highest BCUT2D eigenvalue weighted by Gasteiger charge is 2.29. The maximum Gasteiger partial charge on any atom is 0.223 e. The smallest absolute Gasteiger partial charge is 0.223 e. The summed E-state index contributed by atoms with van der Waals surface area (Å²) in [6, 6.07) is 11.2. The second-order valence-corrected chi connectivity index (χ2v) is 9.38. The number of likely N-dealkylation sites (tertiary alicyclic amines) is 2. The predicted molar refractivity (Wildman–Crippen MR) is 148 cm³/mol. The molecule has 0 saturated carbocycles. The summed E-state index contributed by atoms with van der Waals surface area (Å²) < 4.78 is 0. The Hall–Kier alpha value is -1.35. The van der Waals surface area contributed by atoms with Crippen molar-refractivity contribution < 1.29 is 4.79 Å². The highest BCUT2D eigenvalue weighted by atomic mass is 127. The molecular formula is C26H44IN5O. The van der Waals surface area contributed by atoms with Gasteiger partial charge in [-0.05, 0) is 64.6 Å². The molecule has 2 heterocycles. The lowest BCUT2D eigenvalue weighted by Crippen LogP contribution is -2.39. The molecule has 0 bridgehead atoms. The van der Waals surface area contributed by atoms with E-state index in [1.54, 1.807) is 0 Å². The van der Waals surface area contributed by atoms with Crippen molar-refractivity contribution in [2.75, 3.05) is 45.8 Å². The van der Waals surface area contributed by atoms with Crippen LogP contribution in [0.5, 0.6) is 0 Å². The monoisotopic (exact) mass is 569 g/mol. The predicted octanol–water partition coefficient (Wildman–Crippen LogP) is 3.91. The van der Waals surface area contributed by atoms with E-state index < -0.39 is 0 Å². The molecule has 0 radical (unpaired) electrons. The lowest BCUT2D eigenvalue weighted by molar-refractivity contribution is -0.127. The maximum atomic E-state index is 12.4. The molecule has 0 spiro atoms. The number of carbonyl (C=O) groups is 1. The summed E-state index contributed by atoms with van der Waals surface area (Å²) in [4.78, 5) is 21.9. The second-order valence-electron chi connectivity index (χ2n) is 9.38. The van der Waals surface area contributed by atoms with Gasteiger partial charge in [-0.15, -0.1) is 24.0 Å². The lowest BCUT2D eigenvalue weighted by Gasteiger charge is -2.33. The molecule has 1 amide bonds. The molecule has 2 unspecified atom stereocenters. The Balaban J connectivity index is 0.00000385. The third-order valence-corrected chi connectivity index (χ3v) is 6.76. The number of nitrogens with zero attached hydrogens (tertiary/aromatic N) is 3. The van der Waals surface area contributed by atoms with Gasteiger partial charge in [0.1, 0.15) is 0 Å². The van der Waals surface area contributed by atoms with E-state index in [9.17, 15) is 4.79 Å². The summed E-state index contributed by atoms with van der Waals surface area (Å²) in [7, 11) is 0. The highest BCUT2D eigenvalue weighted by molar-refractivity contribution is 14.0. The lowest BCUT2D eigenvalue weighted by atomic mass is 10.0. The number of rotatable bonds is 11. The molecule has 186 valence electrons. The van der Waals surface area contributed by atoms with Crippen molar-refractivity contribution in [3.05, 3.63) is 35.9 Å². The number of hydrogen-bond donors (Lipinski definition) is 2. The average molecular weight is 570 g/mol. The molecule has 0 aliphatic carbocycles. The van der Waals surface area contributed by atoms with E-state index in [1.165, 1.54) is 44.3 Å². The summed E-state index contributed by atoms with van der Waals surface area (Å²) in [5, 5.41) is 6.84. The van der Waals surface area contributed by atoms with Crippen molar-refractivity contribution in [1.82, 2.24) is 20.4 Å². The van der Waals surface area contributed by atoms with Crippen LogP contribution in [0, 0.1) is 5.92 Å². The number of carbonyl (C=O) groups excluding carboxylic acids is 1. The summed E-state index contributed by atoms with van der Waals surface area (Å²) in [5.41, 5.74) is 1.29. The number of piperidine rings is 1. The summed E-state index contributed by atoms with van der Waals surface area (Å²) >= 11 is 0. The normalized spacial score (nSPS) is 21.7. The molecule has 2 fully saturated rings. The van der Waals surface area contributed by atoms with Gasteiger partial charge in [0, 0.05) is 51.1 Å². The number of benzene rings is 1. The first-order chi connectivity index (χ1) is 15.7. The number of halogens is 1. The molecule has 1 aromatic carbocycles. The van der Waals surface area contributed by atoms with Crippen LogP contribution in [0.4, 0.5) is 0 Å². The van der Waals surface area contributed by atoms with Crippen molar-refractivity contribution in [2.24, 2.45) is 10.9 Å². The summed E-state index contributed by atoms with van der Waals surface area (Å²) in [6.07, 6.45) is 8.01. The van der Waals surface area contributed by atoms with Crippen LogP contribution >= 0.6 is 24.0 Å². The SMILES string of the molecule is CCNC(=NCC1CC(=O)N(CCc2ccccc2)C1)NCCCCN1CCCCC1C.I. The Labute approximate surface area is 218 Å². The molecule has 2 aliphatic rings. The van der Waals surface area contributed by atoms with Gasteiger partial charge in [0.15, 0.2) is 5.96 Å². The minimum Gasteiger partial charge on any atom is -0.357 e. The standard InChI is InChI=1S/C26H43N5O.HI/c1-3-27-26(28-15-8-10-17-30-16-9-7-11-22(30)2)29-20-24-19-25(32)31(21-24)18-14-23-12-5-4-6-13-23;/h4-6,12-13,22,24H,3,7-11,14-21H2,1-2H3,(H2,27,28,29);1H. The van der Waals surface area contributed by atoms with Gasteiger partial charge in [-0.2, -0.15) is 0 Å². The Morgan fingerprint density at radius 2 is 1.94 bits per heavy atom. The van der Waals surface area contributed by atoms with Crippen LogP contribution in [0.2, 0.25) is 0 Å². The first kappa shape index (κ1) is 27.9. The van der Waals surface area contributed by atoms with Gasteiger partial charge in [-0.1, -0.05) is 36.8 Å². The van der Waals surface area contributed by atoms with E-state index in [0.717, 1.165) is 51.0 Å². The van der Waals surface area contributed by atoms with E-state index >= 15 is 0 Å². The van der Waals surface area contributed by atoms with Crippen LogP contribution in [-0.4, -0.2) is 73.5 Å². The molecule has 33 heavy (non-hydrogen) atoms. The molecule has 2 aliphatic heterocycles. The van der Waals surface area contributed by atoms with Crippen molar-refractivity contribution in [2.45, 2.75) is 64.8 Å². The molecule has 2 N–H and O–H groups in total. The third kappa shape index (κ3) is 9.81. The zero-order valence-electron chi connectivity index (χ0n) is 20.6. The number of nitrogens with one attached hydrogen (secondary N) is 2. The van der Waals surface area contributed by atoms with Crippen LogP contribution < -0.4 is 10.6 Å². The van der Waals surface area contributed by atoms with E-state index in [4.69, 9.17) is 4.99 Å². The zero-order chi connectivity index (χ0) is 22.6. The quantitative estimate of drug-likeness (QED) is 0.184. The fourth-order valence-electron chi connectivity index (χ4n) is 4.80. The number of hydrogen-bond acceptors (Lipinski definition) is 3. The van der Waals surface area contributed by atoms with E-state index in [-0.39, 0.29) is 29.9 Å². The average Bonchev–Trinajstić information content (AvgIpc) is 3.17. The highest BCUT2D eigenvalue weighted by Crippen LogP contribution is 2.19. The fourth-order valence-corrected chi connectivity index (χ4v) is 4.80. The van der Waals surface area contributed by atoms with Crippen LogP contribution in [-0.2, 0) is 11.2 Å². The van der Waals surface area contributed by atoms with Gasteiger partial charge in [-0.3, -0.25) is 9.79 Å². The van der Waals surface area contributed by atoms with Gasteiger partial charge in [0.2, 0.25) is 5.91 Å². The van der Waals surface area contributed by atoms with Gasteiger partial charge in [-0.25, -0.2) is 0 Å². The Kier molecular flexibility index (Phi) is 13.1. The zero-order valence-corrected chi connectivity index (χ0v) is 22.9. The molecule has 7 heteroatoms. The summed E-state index contributed by atoms with van der Waals surface area (Å²) in [5.74, 6) is 1.47. The largest absolute Gasteiger partial charge is 0.357 e. The molecular weight excluding hydrogens is 525 g/mol. The first-order valence-electron chi connectivity index (χ1n) is 12.7. The Morgan fingerprint density at radius 1 is 1.12 bits per heavy atom. The molecule has 3 rings (SSSR count). The van der Waals surface area contributed by atoms with E-state index in [1.807, 2.05) is 11.0 Å². The number of unbranched alkanes of at least 4 members (excludes halogenated alkanes) is 1. The van der Waals surface area contributed by atoms with E-state index in [0.29, 0.717) is 18.9 Å². The maximum absolute atomic E-state index is 12.4. The van der Waals surface area contributed by atoms with E-state index in [2.05, 4.69) is 53.6 Å². The minimum absolute atomic E-state index is 0. The summed E-state index contributed by atoms with van der Waals surface area (Å²) in [6.45, 7) is 11.1. The molecule has 6 nitrogen and oxygen atoms in total. The van der Waals surface area contributed by atoms with Crippen LogP contribution in [0.15, 0.2) is 35.3 Å². The Bertz CT molecular complexity index is 714. The molecule has 2 saturated heterocycles. The fraction of sp³-hybridized carbons (Fsp3) is 0.692. The van der Waals surface area contributed by atoms with Crippen molar-refractivity contribution in [3.8, 4) is 0 Å². The second kappa shape index (κ2) is 15.5.